The molecule has 0 atom stereocenters. The summed E-state index contributed by atoms with van der Waals surface area (Å²) in [6.07, 6.45) is 1.80. The van der Waals surface area contributed by atoms with Gasteiger partial charge in [0.05, 0.1) is 5.69 Å². The van der Waals surface area contributed by atoms with Crippen molar-refractivity contribution in [2.24, 2.45) is 0 Å². The Morgan fingerprint density at radius 2 is 2.00 bits per heavy atom. The molecule has 0 saturated carbocycles. The molecule has 1 aromatic heterocycles. The lowest BCUT2D eigenvalue weighted by molar-refractivity contribution is 0.581. The molecule has 0 aliphatic rings. The fourth-order valence-corrected chi connectivity index (χ4v) is 2.04. The first-order valence-electron chi connectivity index (χ1n) is 5.97. The van der Waals surface area contributed by atoms with Crippen molar-refractivity contribution in [3.63, 3.8) is 0 Å². The van der Waals surface area contributed by atoms with E-state index in [1.807, 2.05) is 30.3 Å². The number of halogens is 1. The Bertz CT molecular complexity index is 526. The summed E-state index contributed by atoms with van der Waals surface area (Å²) in [5.74, 6) is 0.755. The molecular weight excluding hydrogens is 290 g/mol. The van der Waals surface area contributed by atoms with Crippen LogP contribution >= 0.6 is 15.9 Å². The molecule has 0 radical (unpaired) electrons. The lowest BCUT2D eigenvalue weighted by atomic mass is 10.2. The number of benzene rings is 1. The van der Waals surface area contributed by atoms with Crippen LogP contribution in [-0.2, 0) is 6.54 Å². The first kappa shape index (κ1) is 13.2. The van der Waals surface area contributed by atoms with Crippen LogP contribution in [0.1, 0.15) is 19.5 Å². The topological polar surface area (TPSA) is 37.8 Å². The van der Waals surface area contributed by atoms with Crippen LogP contribution in [0.15, 0.2) is 41.0 Å². The van der Waals surface area contributed by atoms with E-state index in [-0.39, 0.29) is 0 Å². The van der Waals surface area contributed by atoms with Crippen LogP contribution in [-0.4, -0.2) is 16.0 Å². The van der Waals surface area contributed by atoms with Gasteiger partial charge in [0.15, 0.2) is 5.82 Å². The Hall–Kier alpha value is -1.26. The van der Waals surface area contributed by atoms with Gasteiger partial charge in [0.1, 0.15) is 0 Å². The van der Waals surface area contributed by atoms with Gasteiger partial charge >= 0.3 is 0 Å². The Morgan fingerprint density at radius 3 is 2.72 bits per heavy atom. The maximum Gasteiger partial charge on any atom is 0.160 e. The summed E-state index contributed by atoms with van der Waals surface area (Å²) < 4.78 is 1.01. The van der Waals surface area contributed by atoms with Gasteiger partial charge in [-0.1, -0.05) is 48.0 Å². The predicted octanol–water partition coefficient (Wildman–Crippen LogP) is 3.40. The highest BCUT2D eigenvalue weighted by Crippen LogP contribution is 2.24. The summed E-state index contributed by atoms with van der Waals surface area (Å²) in [4.78, 5) is 8.90. The normalized spacial score (nSPS) is 10.9. The van der Waals surface area contributed by atoms with Gasteiger partial charge in [-0.15, -0.1) is 0 Å². The smallest absolute Gasteiger partial charge is 0.160 e. The first-order chi connectivity index (χ1) is 8.66. The van der Waals surface area contributed by atoms with Gasteiger partial charge in [0.25, 0.3) is 0 Å². The van der Waals surface area contributed by atoms with Crippen LogP contribution < -0.4 is 5.32 Å². The van der Waals surface area contributed by atoms with E-state index in [2.05, 4.69) is 45.1 Å². The molecule has 2 aromatic rings. The zero-order valence-electron chi connectivity index (χ0n) is 10.5. The number of hydrogen-bond donors (Lipinski definition) is 1. The standard InChI is InChI=1S/C14H16BrN3/c1-10(2)17-9-11-7-8-16-14(18-11)12-5-3-4-6-13(12)15/h3-8,10,17H,9H2,1-2H3. The number of rotatable bonds is 4. The van der Waals surface area contributed by atoms with Crippen molar-refractivity contribution in [3.05, 3.63) is 46.7 Å². The third-order valence-electron chi connectivity index (χ3n) is 2.52. The third kappa shape index (κ3) is 3.37. The van der Waals surface area contributed by atoms with Gasteiger partial charge in [-0.05, 0) is 12.1 Å². The van der Waals surface area contributed by atoms with Crippen molar-refractivity contribution >= 4 is 15.9 Å². The Morgan fingerprint density at radius 1 is 1.22 bits per heavy atom. The molecular formula is C14H16BrN3. The van der Waals surface area contributed by atoms with Crippen molar-refractivity contribution < 1.29 is 0 Å². The molecule has 1 heterocycles. The highest BCUT2D eigenvalue weighted by molar-refractivity contribution is 9.10. The average Bonchev–Trinajstić information content (AvgIpc) is 2.37. The van der Waals surface area contributed by atoms with Crippen LogP contribution in [0.4, 0.5) is 0 Å². The van der Waals surface area contributed by atoms with Crippen LogP contribution in [0.2, 0.25) is 0 Å². The summed E-state index contributed by atoms with van der Waals surface area (Å²) >= 11 is 3.52. The van der Waals surface area contributed by atoms with E-state index in [0.717, 1.165) is 28.1 Å². The van der Waals surface area contributed by atoms with E-state index < -0.39 is 0 Å². The minimum atomic E-state index is 0.451. The molecule has 0 spiro atoms. The molecule has 0 saturated heterocycles. The summed E-state index contributed by atoms with van der Waals surface area (Å²) in [5, 5.41) is 3.35. The van der Waals surface area contributed by atoms with Gasteiger partial charge in [0, 0.05) is 28.8 Å². The highest BCUT2D eigenvalue weighted by atomic mass is 79.9. The minimum Gasteiger partial charge on any atom is -0.309 e. The quantitative estimate of drug-likeness (QED) is 0.940. The van der Waals surface area contributed by atoms with Gasteiger partial charge in [-0.25, -0.2) is 9.97 Å². The van der Waals surface area contributed by atoms with Crippen LogP contribution in [0.3, 0.4) is 0 Å². The van der Waals surface area contributed by atoms with E-state index in [0.29, 0.717) is 6.04 Å². The number of nitrogens with zero attached hydrogens (tertiary/aromatic N) is 2. The van der Waals surface area contributed by atoms with Crippen LogP contribution in [0.25, 0.3) is 11.4 Å². The summed E-state index contributed by atoms with van der Waals surface area (Å²) in [6, 6.07) is 10.4. The summed E-state index contributed by atoms with van der Waals surface area (Å²) in [6.45, 7) is 5.00. The number of aromatic nitrogens is 2. The second-order valence-electron chi connectivity index (χ2n) is 4.39. The van der Waals surface area contributed by atoms with E-state index in [9.17, 15) is 0 Å². The minimum absolute atomic E-state index is 0.451. The molecule has 0 aliphatic heterocycles. The molecule has 0 bridgehead atoms. The molecule has 94 valence electrons. The molecule has 4 heteroatoms. The monoisotopic (exact) mass is 305 g/mol. The maximum absolute atomic E-state index is 4.57. The Balaban J connectivity index is 2.25. The molecule has 1 N–H and O–H groups in total. The molecule has 0 unspecified atom stereocenters. The van der Waals surface area contributed by atoms with E-state index >= 15 is 0 Å². The highest BCUT2D eigenvalue weighted by Gasteiger charge is 2.06. The molecule has 18 heavy (non-hydrogen) atoms. The summed E-state index contributed by atoms with van der Waals surface area (Å²) in [7, 11) is 0. The Kier molecular flexibility index (Phi) is 4.44. The van der Waals surface area contributed by atoms with Crippen molar-refractivity contribution in [1.29, 1.82) is 0 Å². The average molecular weight is 306 g/mol. The van der Waals surface area contributed by atoms with E-state index in [4.69, 9.17) is 0 Å². The molecule has 2 rings (SSSR count). The zero-order chi connectivity index (χ0) is 13.0. The molecule has 0 aliphatic carbocycles. The van der Waals surface area contributed by atoms with Gasteiger partial charge in [-0.3, -0.25) is 0 Å². The molecule has 0 fully saturated rings. The fraction of sp³-hybridized carbons (Fsp3) is 0.286. The van der Waals surface area contributed by atoms with Crippen LogP contribution in [0, 0.1) is 0 Å². The molecule has 1 aromatic carbocycles. The van der Waals surface area contributed by atoms with Crippen molar-refractivity contribution in [3.8, 4) is 11.4 Å². The summed E-state index contributed by atoms with van der Waals surface area (Å²) in [5.41, 5.74) is 2.02. The largest absolute Gasteiger partial charge is 0.309 e. The van der Waals surface area contributed by atoms with Crippen LogP contribution in [0.5, 0.6) is 0 Å². The molecule has 3 nitrogen and oxygen atoms in total. The lowest BCUT2D eigenvalue weighted by Crippen LogP contribution is -2.22. The van der Waals surface area contributed by atoms with E-state index in [1.54, 1.807) is 6.20 Å². The Labute approximate surface area is 116 Å². The van der Waals surface area contributed by atoms with Gasteiger partial charge < -0.3 is 5.32 Å². The SMILES string of the molecule is CC(C)NCc1ccnc(-c2ccccc2Br)n1. The lowest BCUT2D eigenvalue weighted by Gasteiger charge is -2.08. The third-order valence-corrected chi connectivity index (χ3v) is 3.21. The second kappa shape index (κ2) is 6.07. The fourth-order valence-electron chi connectivity index (χ4n) is 1.58. The zero-order valence-corrected chi connectivity index (χ0v) is 12.1. The van der Waals surface area contributed by atoms with Gasteiger partial charge in [0.2, 0.25) is 0 Å². The number of nitrogens with one attached hydrogen (secondary N) is 1. The first-order valence-corrected chi connectivity index (χ1v) is 6.76. The predicted molar refractivity (Wildman–Crippen MR) is 77.1 cm³/mol. The maximum atomic E-state index is 4.57. The van der Waals surface area contributed by atoms with Gasteiger partial charge in [-0.2, -0.15) is 0 Å². The second-order valence-corrected chi connectivity index (χ2v) is 5.24. The number of hydrogen-bond acceptors (Lipinski definition) is 3. The van der Waals surface area contributed by atoms with Crippen molar-refractivity contribution in [1.82, 2.24) is 15.3 Å². The van der Waals surface area contributed by atoms with Crippen molar-refractivity contribution in [2.75, 3.05) is 0 Å². The van der Waals surface area contributed by atoms with Crippen molar-refractivity contribution in [2.45, 2.75) is 26.4 Å². The van der Waals surface area contributed by atoms with E-state index in [1.165, 1.54) is 0 Å². The molecule has 0 amide bonds.